The lowest BCUT2D eigenvalue weighted by atomic mass is 10.1. The molecule has 0 aliphatic carbocycles. The van der Waals surface area contributed by atoms with E-state index in [9.17, 15) is 8.42 Å². The second-order valence-electron chi connectivity index (χ2n) is 5.11. The molecule has 1 aliphatic heterocycles. The topological polar surface area (TPSA) is 94.1 Å². The highest BCUT2D eigenvalue weighted by Crippen LogP contribution is 2.28. The van der Waals surface area contributed by atoms with E-state index in [1.807, 2.05) is 12.3 Å². The fourth-order valence-electron chi connectivity index (χ4n) is 2.74. The number of aromatic nitrogens is 3. The highest BCUT2D eigenvalue weighted by molar-refractivity contribution is 7.88. The van der Waals surface area contributed by atoms with Gasteiger partial charge in [-0.05, 0) is 18.9 Å². The van der Waals surface area contributed by atoms with Crippen LogP contribution in [0.15, 0.2) is 18.6 Å². The summed E-state index contributed by atoms with van der Waals surface area (Å²) in [6, 6.07) is 2.16. The van der Waals surface area contributed by atoms with Crippen LogP contribution in [-0.2, 0) is 10.0 Å². The molecule has 0 spiro atoms. The Bertz CT molecular complexity index is 731. The number of nitrogens with zero attached hydrogens (tertiary/aromatic N) is 4. The van der Waals surface area contributed by atoms with Crippen molar-refractivity contribution in [1.29, 1.82) is 0 Å². The number of nitrogen functional groups attached to an aromatic ring is 1. The Labute approximate surface area is 117 Å². The van der Waals surface area contributed by atoms with Gasteiger partial charge in [-0.1, -0.05) is 0 Å². The molecule has 2 aromatic rings. The number of nitrogens with two attached hydrogens (primary N) is 1. The Morgan fingerprint density at radius 2 is 2.00 bits per heavy atom. The Morgan fingerprint density at radius 3 is 2.65 bits per heavy atom. The van der Waals surface area contributed by atoms with E-state index in [1.54, 1.807) is 0 Å². The Hall–Kier alpha value is -1.67. The molecule has 3 heterocycles. The summed E-state index contributed by atoms with van der Waals surface area (Å²) in [7, 11) is -3.09. The second kappa shape index (κ2) is 4.71. The fraction of sp³-hybridized carbons (Fsp3) is 0.500. The highest BCUT2D eigenvalue weighted by Gasteiger charge is 2.26. The predicted molar refractivity (Wildman–Crippen MR) is 76.6 cm³/mol. The average Bonchev–Trinajstić information content (AvgIpc) is 2.83. The van der Waals surface area contributed by atoms with Crippen LogP contribution in [0.1, 0.15) is 18.9 Å². The molecule has 20 heavy (non-hydrogen) atoms. The maximum Gasteiger partial charge on any atom is 0.211 e. The summed E-state index contributed by atoms with van der Waals surface area (Å²) < 4.78 is 26.6. The summed E-state index contributed by atoms with van der Waals surface area (Å²) in [6.45, 7) is 1.09. The summed E-state index contributed by atoms with van der Waals surface area (Å²) >= 11 is 0. The van der Waals surface area contributed by atoms with Crippen molar-refractivity contribution in [2.75, 3.05) is 25.1 Å². The second-order valence-corrected chi connectivity index (χ2v) is 7.09. The summed E-state index contributed by atoms with van der Waals surface area (Å²) in [5.74, 6) is 0.474. The van der Waals surface area contributed by atoms with Gasteiger partial charge in [0.15, 0.2) is 0 Å². The van der Waals surface area contributed by atoms with Crippen molar-refractivity contribution in [3.63, 3.8) is 0 Å². The number of fused-ring (bicyclic) bond motifs is 1. The largest absolute Gasteiger partial charge is 0.383 e. The minimum absolute atomic E-state index is 0.250. The van der Waals surface area contributed by atoms with Crippen molar-refractivity contribution in [2.24, 2.45) is 0 Å². The lowest BCUT2D eigenvalue weighted by Crippen LogP contribution is -2.38. The molecule has 1 aliphatic rings. The van der Waals surface area contributed by atoms with E-state index < -0.39 is 10.0 Å². The molecule has 0 aromatic carbocycles. The third-order valence-corrected chi connectivity index (χ3v) is 5.13. The van der Waals surface area contributed by atoms with Crippen LogP contribution < -0.4 is 5.73 Å². The highest BCUT2D eigenvalue weighted by atomic mass is 32.2. The van der Waals surface area contributed by atoms with Crippen LogP contribution in [0, 0.1) is 0 Å². The molecule has 3 rings (SSSR count). The molecule has 0 saturated carbocycles. The third kappa shape index (κ3) is 2.25. The third-order valence-electron chi connectivity index (χ3n) is 3.83. The minimum Gasteiger partial charge on any atom is -0.383 e. The van der Waals surface area contributed by atoms with E-state index in [0.717, 1.165) is 23.9 Å². The zero-order chi connectivity index (χ0) is 14.3. The monoisotopic (exact) mass is 295 g/mol. The molecule has 0 atom stereocenters. The molecular formula is C12H17N5O2S. The molecule has 0 unspecified atom stereocenters. The number of rotatable bonds is 2. The first-order valence-electron chi connectivity index (χ1n) is 6.49. The maximum absolute atomic E-state index is 11.5. The normalized spacial score (nSPS) is 18.6. The van der Waals surface area contributed by atoms with Gasteiger partial charge in [0.25, 0.3) is 0 Å². The molecule has 2 N–H and O–H groups in total. The van der Waals surface area contributed by atoms with Crippen LogP contribution in [0.4, 0.5) is 5.82 Å². The van der Waals surface area contributed by atoms with Crippen LogP contribution in [0.25, 0.3) is 11.0 Å². The fourth-order valence-corrected chi connectivity index (χ4v) is 3.61. The van der Waals surface area contributed by atoms with Gasteiger partial charge in [-0.15, -0.1) is 0 Å². The summed E-state index contributed by atoms with van der Waals surface area (Å²) in [5.41, 5.74) is 6.64. The molecule has 0 amide bonds. The van der Waals surface area contributed by atoms with Crippen LogP contribution in [-0.4, -0.2) is 46.6 Å². The molecule has 7 nitrogen and oxygen atoms in total. The SMILES string of the molecule is CS(=O)(=O)N1CCC(n2ccc3c(N)ncnc32)CC1. The molecule has 108 valence electrons. The van der Waals surface area contributed by atoms with E-state index in [0.29, 0.717) is 18.9 Å². The van der Waals surface area contributed by atoms with E-state index in [-0.39, 0.29) is 6.04 Å². The van der Waals surface area contributed by atoms with Crippen molar-refractivity contribution < 1.29 is 8.42 Å². The molecule has 8 heteroatoms. The zero-order valence-corrected chi connectivity index (χ0v) is 12.0. The number of sulfonamides is 1. The molecule has 0 radical (unpaired) electrons. The first-order valence-corrected chi connectivity index (χ1v) is 8.34. The molecule has 0 bridgehead atoms. The first-order chi connectivity index (χ1) is 9.47. The summed E-state index contributed by atoms with van der Waals surface area (Å²) in [5, 5.41) is 0.845. The zero-order valence-electron chi connectivity index (χ0n) is 11.2. The Balaban J connectivity index is 1.86. The van der Waals surface area contributed by atoms with E-state index in [4.69, 9.17) is 5.73 Å². The summed E-state index contributed by atoms with van der Waals surface area (Å²) in [6.07, 6.45) is 6.23. The van der Waals surface area contributed by atoms with Gasteiger partial charge in [-0.25, -0.2) is 22.7 Å². The molecule has 1 fully saturated rings. The number of hydrogen-bond acceptors (Lipinski definition) is 5. The molecular weight excluding hydrogens is 278 g/mol. The number of hydrogen-bond donors (Lipinski definition) is 1. The van der Waals surface area contributed by atoms with E-state index >= 15 is 0 Å². The number of piperidine rings is 1. The maximum atomic E-state index is 11.5. The van der Waals surface area contributed by atoms with Gasteiger partial charge in [0, 0.05) is 25.3 Å². The predicted octanol–water partition coefficient (Wildman–Crippen LogP) is 0.610. The van der Waals surface area contributed by atoms with Crippen molar-refractivity contribution in [3.05, 3.63) is 18.6 Å². The van der Waals surface area contributed by atoms with Crippen LogP contribution in [0.2, 0.25) is 0 Å². The lowest BCUT2D eigenvalue weighted by molar-refractivity contribution is 0.278. The van der Waals surface area contributed by atoms with Crippen LogP contribution >= 0.6 is 0 Å². The van der Waals surface area contributed by atoms with Gasteiger partial charge >= 0.3 is 0 Å². The van der Waals surface area contributed by atoms with Gasteiger partial charge in [0.2, 0.25) is 10.0 Å². The van der Waals surface area contributed by atoms with Crippen molar-refractivity contribution in [1.82, 2.24) is 18.8 Å². The molecule has 1 saturated heterocycles. The minimum atomic E-state index is -3.09. The van der Waals surface area contributed by atoms with Crippen LogP contribution in [0.3, 0.4) is 0 Å². The quantitative estimate of drug-likeness (QED) is 0.876. The Kier molecular flexibility index (Phi) is 3.14. The van der Waals surface area contributed by atoms with Gasteiger partial charge in [0.1, 0.15) is 17.8 Å². The number of anilines is 1. The van der Waals surface area contributed by atoms with Crippen molar-refractivity contribution in [2.45, 2.75) is 18.9 Å². The first kappa shape index (κ1) is 13.3. The van der Waals surface area contributed by atoms with Crippen molar-refractivity contribution >= 4 is 26.9 Å². The summed E-state index contributed by atoms with van der Waals surface area (Å²) in [4.78, 5) is 8.26. The average molecular weight is 295 g/mol. The van der Waals surface area contributed by atoms with E-state index in [2.05, 4.69) is 14.5 Å². The lowest BCUT2D eigenvalue weighted by Gasteiger charge is -2.31. The molecule has 2 aromatic heterocycles. The van der Waals surface area contributed by atoms with Crippen LogP contribution in [0.5, 0.6) is 0 Å². The van der Waals surface area contributed by atoms with E-state index in [1.165, 1.54) is 16.9 Å². The van der Waals surface area contributed by atoms with Gasteiger partial charge in [0.05, 0.1) is 11.6 Å². The van der Waals surface area contributed by atoms with Gasteiger partial charge < -0.3 is 10.3 Å². The standard InChI is InChI=1S/C12H17N5O2S/c1-20(18,19)16-5-2-9(3-6-16)17-7-4-10-11(13)14-8-15-12(10)17/h4,7-9H,2-3,5-6H2,1H3,(H2,13,14,15). The Morgan fingerprint density at radius 1 is 1.30 bits per heavy atom. The smallest absolute Gasteiger partial charge is 0.211 e. The van der Waals surface area contributed by atoms with Crippen molar-refractivity contribution in [3.8, 4) is 0 Å². The van der Waals surface area contributed by atoms with Gasteiger partial charge in [-0.3, -0.25) is 0 Å². The van der Waals surface area contributed by atoms with Gasteiger partial charge in [-0.2, -0.15) is 0 Å².